The van der Waals surface area contributed by atoms with Gasteiger partial charge in [-0.15, -0.1) is 11.3 Å². The van der Waals surface area contributed by atoms with Gasteiger partial charge >= 0.3 is 6.18 Å². The maximum atomic E-state index is 12.9. The molecular formula is C22H17BrF3N5OS. The number of halogens is 4. The predicted octanol–water partition coefficient (Wildman–Crippen LogP) is 6.08. The third kappa shape index (κ3) is 5.21. The van der Waals surface area contributed by atoms with E-state index in [2.05, 4.69) is 41.2 Å². The highest BCUT2D eigenvalue weighted by Crippen LogP contribution is 2.37. The first-order valence-corrected chi connectivity index (χ1v) is 11.2. The number of thiazole rings is 1. The van der Waals surface area contributed by atoms with Gasteiger partial charge in [0, 0.05) is 29.8 Å². The van der Waals surface area contributed by atoms with Crippen LogP contribution in [-0.4, -0.2) is 25.0 Å². The highest BCUT2D eigenvalue weighted by molar-refractivity contribution is 9.10. The molecule has 3 heterocycles. The van der Waals surface area contributed by atoms with Gasteiger partial charge in [-0.05, 0) is 65.2 Å². The van der Waals surface area contributed by atoms with Crippen LogP contribution in [0, 0.1) is 6.92 Å². The van der Waals surface area contributed by atoms with Gasteiger partial charge in [0.25, 0.3) is 0 Å². The molecule has 0 bridgehead atoms. The second-order valence-electron chi connectivity index (χ2n) is 7.45. The molecule has 3 aromatic heterocycles. The minimum Gasteiger partial charge on any atom is -0.378 e. The van der Waals surface area contributed by atoms with Crippen molar-refractivity contribution >= 4 is 38.9 Å². The number of anilines is 2. The summed E-state index contributed by atoms with van der Waals surface area (Å²) in [5.74, 6) is -0.156. The van der Waals surface area contributed by atoms with Gasteiger partial charge in [0.05, 0.1) is 4.88 Å². The molecule has 0 saturated heterocycles. The lowest BCUT2D eigenvalue weighted by atomic mass is 9.99. The molecule has 33 heavy (non-hydrogen) atoms. The van der Waals surface area contributed by atoms with Crippen LogP contribution in [0.3, 0.4) is 0 Å². The van der Waals surface area contributed by atoms with Crippen molar-refractivity contribution in [2.45, 2.75) is 25.6 Å². The van der Waals surface area contributed by atoms with E-state index < -0.39 is 17.5 Å². The van der Waals surface area contributed by atoms with Gasteiger partial charge in [0.1, 0.15) is 20.9 Å². The highest BCUT2D eigenvalue weighted by Gasteiger charge is 2.33. The molecule has 0 amide bonds. The van der Waals surface area contributed by atoms with Crippen molar-refractivity contribution in [2.75, 3.05) is 5.32 Å². The summed E-state index contributed by atoms with van der Waals surface area (Å²) in [6.07, 6.45) is -0.268. The summed E-state index contributed by atoms with van der Waals surface area (Å²) < 4.78 is 39.5. The summed E-state index contributed by atoms with van der Waals surface area (Å²) in [7, 11) is 0. The molecule has 0 spiro atoms. The third-order valence-electron chi connectivity index (χ3n) is 4.78. The van der Waals surface area contributed by atoms with E-state index in [4.69, 9.17) is 0 Å². The molecule has 2 N–H and O–H groups in total. The summed E-state index contributed by atoms with van der Waals surface area (Å²) in [5, 5.41) is 14.4. The smallest absolute Gasteiger partial charge is 0.378 e. The number of benzene rings is 1. The number of nitrogens with one attached hydrogen (secondary N) is 1. The molecule has 6 nitrogen and oxygen atoms in total. The Hall–Kier alpha value is -2.89. The minimum absolute atomic E-state index is 0.156. The number of rotatable bonds is 5. The number of aliphatic hydroxyl groups is 1. The average Bonchev–Trinajstić information content (AvgIpc) is 3.25. The van der Waals surface area contributed by atoms with E-state index >= 15 is 0 Å². The number of aryl methyl sites for hydroxylation is 1. The van der Waals surface area contributed by atoms with Crippen LogP contribution in [0.2, 0.25) is 0 Å². The zero-order valence-corrected chi connectivity index (χ0v) is 19.8. The largest absolute Gasteiger partial charge is 0.433 e. The van der Waals surface area contributed by atoms with E-state index in [1.807, 2.05) is 13.0 Å². The molecule has 1 aromatic carbocycles. The first kappa shape index (κ1) is 23.3. The number of hydrogen-bond donors (Lipinski definition) is 2. The van der Waals surface area contributed by atoms with Gasteiger partial charge in [-0.1, -0.05) is 12.1 Å². The van der Waals surface area contributed by atoms with Crippen molar-refractivity contribution in [2.24, 2.45) is 0 Å². The maximum absolute atomic E-state index is 12.9. The Morgan fingerprint density at radius 1 is 1.03 bits per heavy atom. The summed E-state index contributed by atoms with van der Waals surface area (Å²) in [4.78, 5) is 16.8. The Morgan fingerprint density at radius 2 is 1.82 bits per heavy atom. The molecule has 1 atom stereocenters. The monoisotopic (exact) mass is 535 g/mol. The summed E-state index contributed by atoms with van der Waals surface area (Å²) in [5.41, 5.74) is 0.430. The van der Waals surface area contributed by atoms with E-state index in [0.29, 0.717) is 20.9 Å². The molecule has 4 aromatic rings. The van der Waals surface area contributed by atoms with Crippen LogP contribution in [0.15, 0.2) is 59.6 Å². The van der Waals surface area contributed by atoms with E-state index in [-0.39, 0.29) is 5.95 Å². The van der Waals surface area contributed by atoms with Crippen molar-refractivity contribution in [1.82, 2.24) is 19.9 Å². The predicted molar refractivity (Wildman–Crippen MR) is 123 cm³/mol. The molecule has 0 aliphatic rings. The lowest BCUT2D eigenvalue weighted by molar-refractivity contribution is -0.141. The molecule has 170 valence electrons. The molecule has 0 unspecified atom stereocenters. The fraction of sp³-hybridized carbons (Fsp3) is 0.182. The molecule has 0 aliphatic heterocycles. The van der Waals surface area contributed by atoms with Crippen LogP contribution in [0.5, 0.6) is 0 Å². The van der Waals surface area contributed by atoms with Crippen molar-refractivity contribution in [3.8, 4) is 10.4 Å². The number of alkyl halides is 3. The third-order valence-corrected chi connectivity index (χ3v) is 6.50. The van der Waals surface area contributed by atoms with Crippen molar-refractivity contribution in [1.29, 1.82) is 0 Å². The Labute approximate surface area is 199 Å². The average molecular weight is 536 g/mol. The molecule has 4 rings (SSSR count). The van der Waals surface area contributed by atoms with E-state index in [9.17, 15) is 18.3 Å². The first-order valence-electron chi connectivity index (χ1n) is 9.62. The van der Waals surface area contributed by atoms with Crippen molar-refractivity contribution in [3.05, 3.63) is 81.4 Å². The number of aromatic nitrogens is 4. The second kappa shape index (κ2) is 8.81. The van der Waals surface area contributed by atoms with Gasteiger partial charge in [-0.25, -0.2) is 19.9 Å². The van der Waals surface area contributed by atoms with E-state index in [1.54, 1.807) is 43.6 Å². The van der Waals surface area contributed by atoms with Crippen molar-refractivity contribution < 1.29 is 18.3 Å². The number of pyridine rings is 1. The van der Waals surface area contributed by atoms with Crippen LogP contribution >= 0.6 is 27.3 Å². The van der Waals surface area contributed by atoms with Crippen molar-refractivity contribution in [3.63, 3.8) is 0 Å². The van der Waals surface area contributed by atoms with Gasteiger partial charge in [0.15, 0.2) is 0 Å². The van der Waals surface area contributed by atoms with Gasteiger partial charge < -0.3 is 10.4 Å². The standard InChI is InChI=1S/C22H17BrF3N5OS/c1-12-7-13(9-15(8-12)30-20-27-6-5-17(31-20)22(24,25)26)16-11-29-19(33-16)21(2,32)14-3-4-18(23)28-10-14/h3-11,32H,1-2H3,(H,27,30,31)/t21-/m0/s1. The molecule has 0 saturated carbocycles. The quantitative estimate of drug-likeness (QED) is 0.301. The Morgan fingerprint density at radius 3 is 2.52 bits per heavy atom. The van der Waals surface area contributed by atoms with Gasteiger partial charge in [-0.2, -0.15) is 13.2 Å². The Kier molecular flexibility index (Phi) is 6.21. The van der Waals surface area contributed by atoms with Crippen LogP contribution in [-0.2, 0) is 11.8 Å². The lowest BCUT2D eigenvalue weighted by Gasteiger charge is -2.20. The van der Waals surface area contributed by atoms with E-state index in [1.165, 1.54) is 11.3 Å². The zero-order valence-electron chi connectivity index (χ0n) is 17.4. The molecule has 11 heteroatoms. The van der Waals surface area contributed by atoms with Gasteiger partial charge in [0.2, 0.25) is 5.95 Å². The second-order valence-corrected chi connectivity index (χ2v) is 9.29. The van der Waals surface area contributed by atoms with Crippen LogP contribution in [0.1, 0.15) is 28.8 Å². The van der Waals surface area contributed by atoms with Crippen LogP contribution in [0.4, 0.5) is 24.8 Å². The fourth-order valence-electron chi connectivity index (χ4n) is 3.12. The molecule has 0 fully saturated rings. The van der Waals surface area contributed by atoms with Crippen LogP contribution < -0.4 is 5.32 Å². The first-order chi connectivity index (χ1) is 15.5. The summed E-state index contributed by atoms with van der Waals surface area (Å²) >= 11 is 4.59. The molecule has 0 radical (unpaired) electrons. The number of nitrogens with zero attached hydrogens (tertiary/aromatic N) is 4. The Balaban J connectivity index is 1.63. The zero-order chi connectivity index (χ0) is 23.8. The SMILES string of the molecule is Cc1cc(Nc2nccc(C(F)(F)F)n2)cc(-c2cnc([C@@](C)(O)c3ccc(Br)nc3)s2)c1. The lowest BCUT2D eigenvalue weighted by Crippen LogP contribution is -2.22. The van der Waals surface area contributed by atoms with Gasteiger partial charge in [-0.3, -0.25) is 0 Å². The number of hydrogen-bond acceptors (Lipinski definition) is 7. The normalized spacial score (nSPS) is 13.5. The highest BCUT2D eigenvalue weighted by atomic mass is 79.9. The fourth-order valence-corrected chi connectivity index (χ4v) is 4.33. The summed E-state index contributed by atoms with van der Waals surface area (Å²) in [6.45, 7) is 3.52. The Bertz CT molecular complexity index is 1290. The topological polar surface area (TPSA) is 83.8 Å². The minimum atomic E-state index is -4.56. The van der Waals surface area contributed by atoms with E-state index in [0.717, 1.165) is 28.3 Å². The molecule has 0 aliphatic carbocycles. The molecular weight excluding hydrogens is 519 g/mol. The summed E-state index contributed by atoms with van der Waals surface area (Å²) in [6, 6.07) is 9.79. The van der Waals surface area contributed by atoms with Crippen LogP contribution in [0.25, 0.3) is 10.4 Å². The maximum Gasteiger partial charge on any atom is 0.433 e.